The van der Waals surface area contributed by atoms with Crippen molar-refractivity contribution in [1.29, 1.82) is 0 Å². The van der Waals surface area contributed by atoms with E-state index in [0.717, 1.165) is 28.1 Å². The van der Waals surface area contributed by atoms with Crippen LogP contribution in [0.2, 0.25) is 0 Å². The van der Waals surface area contributed by atoms with Crippen LogP contribution in [0.5, 0.6) is 0 Å². The number of hydrogen-bond acceptors (Lipinski definition) is 3. The van der Waals surface area contributed by atoms with E-state index in [2.05, 4.69) is 5.32 Å². The van der Waals surface area contributed by atoms with Gasteiger partial charge in [-0.25, -0.2) is 0 Å². The van der Waals surface area contributed by atoms with E-state index in [1.165, 1.54) is 0 Å². The van der Waals surface area contributed by atoms with Crippen LogP contribution in [0.25, 0.3) is 5.57 Å². The van der Waals surface area contributed by atoms with Crippen LogP contribution in [0.3, 0.4) is 0 Å². The molecule has 20 heavy (non-hydrogen) atoms. The van der Waals surface area contributed by atoms with E-state index in [4.69, 9.17) is 5.11 Å². The van der Waals surface area contributed by atoms with Crippen molar-refractivity contribution in [2.45, 2.75) is 12.8 Å². The summed E-state index contributed by atoms with van der Waals surface area (Å²) in [5.41, 5.74) is 4.51. The summed E-state index contributed by atoms with van der Waals surface area (Å²) in [6.07, 6.45) is 2.02. The average molecular weight is 295 g/mol. The Morgan fingerprint density at radius 2 is 2.15 bits per heavy atom. The minimum Gasteiger partial charge on any atom is -0.624 e. The molecule has 1 atom stereocenters. The van der Waals surface area contributed by atoms with Crippen molar-refractivity contribution < 1.29 is 15.0 Å². The lowest BCUT2D eigenvalue weighted by Gasteiger charge is -2.24. The van der Waals surface area contributed by atoms with Crippen LogP contribution in [-0.2, 0) is 4.79 Å². The third-order valence-corrected chi connectivity index (χ3v) is 3.49. The number of carbonyl (C=O) groups is 1. The molecule has 1 aromatic carbocycles. The predicted molar refractivity (Wildman–Crippen MR) is 78.4 cm³/mol. The number of para-hydroxylation sites is 1. The van der Waals surface area contributed by atoms with Crippen LogP contribution in [-0.4, -0.2) is 17.6 Å². The van der Waals surface area contributed by atoms with E-state index >= 15 is 0 Å². The fourth-order valence-electron chi connectivity index (χ4n) is 2.62. The van der Waals surface area contributed by atoms with Crippen LogP contribution in [0.15, 0.2) is 41.7 Å². The van der Waals surface area contributed by atoms with Gasteiger partial charge in [-0.3, -0.25) is 4.79 Å². The zero-order valence-electron chi connectivity index (χ0n) is 10.7. The number of nitrogens with one attached hydrogen (secondary N) is 2. The second-order valence-corrected chi connectivity index (χ2v) is 4.68. The Balaban J connectivity index is 0.00000147. The molecule has 1 aromatic rings. The molecule has 0 aliphatic carbocycles. The van der Waals surface area contributed by atoms with Gasteiger partial charge >= 0.3 is 5.97 Å². The molecule has 2 aliphatic heterocycles. The Labute approximate surface area is 122 Å². The summed E-state index contributed by atoms with van der Waals surface area (Å²) < 4.78 is 0. The molecule has 3 rings (SSSR count). The van der Waals surface area contributed by atoms with Gasteiger partial charge in [0.2, 0.25) is 0 Å². The van der Waals surface area contributed by atoms with Gasteiger partial charge < -0.3 is 20.7 Å². The van der Waals surface area contributed by atoms with Gasteiger partial charge in [-0.1, -0.05) is 18.2 Å². The first-order valence-electron chi connectivity index (χ1n) is 6.20. The lowest BCUT2D eigenvalue weighted by Crippen LogP contribution is -3.00. The van der Waals surface area contributed by atoms with Gasteiger partial charge in [0.15, 0.2) is 0 Å². The summed E-state index contributed by atoms with van der Waals surface area (Å²) in [5, 5.41) is 24.0. The van der Waals surface area contributed by atoms with E-state index in [0.29, 0.717) is 13.0 Å². The minimum absolute atomic E-state index is 0. The highest BCUT2D eigenvalue weighted by Gasteiger charge is 2.30. The number of carboxylic acids is 1. The van der Waals surface area contributed by atoms with Crippen molar-refractivity contribution in [3.05, 3.63) is 52.5 Å². The summed E-state index contributed by atoms with van der Waals surface area (Å²) in [6.45, 7) is 0.512. The van der Waals surface area contributed by atoms with Gasteiger partial charge in [0.25, 0.3) is 0 Å². The molecule has 0 fully saturated rings. The number of hydrogen-bond donors (Lipinski definition) is 3. The number of hydroxylamine groups is 2. The molecule has 0 aromatic heterocycles. The molecule has 0 saturated carbocycles. The van der Waals surface area contributed by atoms with E-state index in [9.17, 15) is 10.0 Å². The number of allylic oxidation sites excluding steroid dienone is 2. The fourth-order valence-corrected chi connectivity index (χ4v) is 2.62. The number of benzene rings is 1. The first-order valence-corrected chi connectivity index (χ1v) is 6.20. The lowest BCUT2D eigenvalue weighted by molar-refractivity contribution is -0.743. The van der Waals surface area contributed by atoms with Gasteiger partial charge in [0.05, 0.1) is 12.1 Å². The van der Waals surface area contributed by atoms with Crippen molar-refractivity contribution in [3.8, 4) is 0 Å². The Hall–Kier alpha value is -1.82. The molecule has 0 bridgehead atoms. The zero-order valence-corrected chi connectivity index (χ0v) is 11.5. The van der Waals surface area contributed by atoms with Gasteiger partial charge in [0.1, 0.15) is 11.9 Å². The molecule has 2 heterocycles. The summed E-state index contributed by atoms with van der Waals surface area (Å²) >= 11 is 0. The molecular weight excluding hydrogens is 280 g/mol. The summed E-state index contributed by atoms with van der Waals surface area (Å²) in [6, 6.07) is 7.80. The number of carboxylic acid groups (broad SMARTS) is 1. The van der Waals surface area contributed by atoms with Crippen LogP contribution < -0.4 is 10.4 Å². The standard InChI is InChI=1S/C14H14N2O3.ClH/c17-13(18)6-5-9-8-16(19)12-7-15-11-4-2-1-3-10(11)14(9)12;/h1-4,8,15-16H,5-7H2,(H,17,18);1H. The Kier molecular flexibility index (Phi) is 4.13. The van der Waals surface area contributed by atoms with Crippen molar-refractivity contribution in [1.82, 2.24) is 0 Å². The number of fused-ring (bicyclic) bond motifs is 2. The number of quaternary nitrogens is 1. The van der Waals surface area contributed by atoms with E-state index in [-0.39, 0.29) is 23.9 Å². The summed E-state index contributed by atoms with van der Waals surface area (Å²) in [5.74, 6) is -0.843. The molecule has 5 nitrogen and oxygen atoms in total. The van der Waals surface area contributed by atoms with Crippen molar-refractivity contribution in [3.63, 3.8) is 0 Å². The topological polar surface area (TPSA) is 76.8 Å². The third kappa shape index (κ3) is 2.43. The number of anilines is 1. The summed E-state index contributed by atoms with van der Waals surface area (Å²) in [4.78, 5) is 10.7. The molecule has 6 heteroatoms. The van der Waals surface area contributed by atoms with Crippen LogP contribution >= 0.6 is 12.4 Å². The van der Waals surface area contributed by atoms with Crippen molar-refractivity contribution in [2.24, 2.45) is 0 Å². The zero-order chi connectivity index (χ0) is 13.4. The van der Waals surface area contributed by atoms with Gasteiger partial charge in [-0.2, -0.15) is 0 Å². The van der Waals surface area contributed by atoms with Crippen LogP contribution in [0.1, 0.15) is 18.4 Å². The van der Waals surface area contributed by atoms with Crippen LogP contribution in [0.4, 0.5) is 5.69 Å². The van der Waals surface area contributed by atoms with Crippen molar-refractivity contribution >= 4 is 29.6 Å². The molecule has 2 aliphatic rings. The number of rotatable bonds is 3. The first kappa shape index (κ1) is 14.6. The smallest absolute Gasteiger partial charge is 0.303 e. The fraction of sp³-hybridized carbons (Fsp3) is 0.214. The molecule has 0 radical (unpaired) electrons. The first-order chi connectivity index (χ1) is 9.16. The SMILES string of the molecule is Cl.O=C(O)CCC1=C[NH+]([O-])C2=C1c1ccccc1NC2. The van der Waals surface area contributed by atoms with Crippen molar-refractivity contribution in [2.75, 3.05) is 11.9 Å². The normalized spacial score (nSPS) is 19.4. The number of halogens is 1. The van der Waals surface area contributed by atoms with E-state index in [1.807, 2.05) is 24.3 Å². The molecule has 0 saturated heterocycles. The maximum atomic E-state index is 12.0. The average Bonchev–Trinajstić information content (AvgIpc) is 2.73. The molecule has 0 amide bonds. The highest BCUT2D eigenvalue weighted by molar-refractivity contribution is 5.90. The lowest BCUT2D eigenvalue weighted by atomic mass is 9.92. The van der Waals surface area contributed by atoms with E-state index in [1.54, 1.807) is 6.20 Å². The van der Waals surface area contributed by atoms with E-state index < -0.39 is 5.97 Å². The highest BCUT2D eigenvalue weighted by Crippen LogP contribution is 2.37. The molecule has 1 unspecified atom stereocenters. The number of aliphatic carboxylic acids is 1. The quantitative estimate of drug-likeness (QED) is 0.736. The van der Waals surface area contributed by atoms with Gasteiger partial charge in [-0.15, -0.1) is 12.4 Å². The summed E-state index contributed by atoms with van der Waals surface area (Å²) in [7, 11) is 0. The van der Waals surface area contributed by atoms with Gasteiger partial charge in [-0.05, 0) is 12.5 Å². The molecule has 106 valence electrons. The monoisotopic (exact) mass is 294 g/mol. The maximum absolute atomic E-state index is 12.0. The molecule has 3 N–H and O–H groups in total. The predicted octanol–water partition coefficient (Wildman–Crippen LogP) is 1.39. The van der Waals surface area contributed by atoms with Gasteiger partial charge in [0, 0.05) is 23.2 Å². The molecular formula is C14H15ClN2O3. The second kappa shape index (κ2) is 5.66. The Morgan fingerprint density at radius 1 is 1.40 bits per heavy atom. The molecule has 0 spiro atoms. The maximum Gasteiger partial charge on any atom is 0.303 e. The third-order valence-electron chi connectivity index (χ3n) is 3.49. The second-order valence-electron chi connectivity index (χ2n) is 4.68. The van der Waals surface area contributed by atoms with Crippen LogP contribution in [0, 0.1) is 5.21 Å². The Morgan fingerprint density at radius 3 is 2.90 bits per heavy atom. The minimum atomic E-state index is -0.843. The highest BCUT2D eigenvalue weighted by atomic mass is 35.5. The largest absolute Gasteiger partial charge is 0.624 e. The Bertz CT molecular complexity index is 610.